The van der Waals surface area contributed by atoms with E-state index in [-0.39, 0.29) is 5.75 Å². The number of nitrogens with zero attached hydrogens (tertiary/aromatic N) is 1. The van der Waals surface area contributed by atoms with E-state index in [0.29, 0.717) is 24.4 Å². The third kappa shape index (κ3) is 7.16. The Kier molecular flexibility index (Phi) is 8.07. The summed E-state index contributed by atoms with van der Waals surface area (Å²) in [7, 11) is -3.29. The van der Waals surface area contributed by atoms with E-state index in [1.807, 2.05) is 18.2 Å². The molecule has 0 radical (unpaired) electrons. The Morgan fingerprint density at radius 2 is 1.90 bits per heavy atom. The molecule has 21 heavy (non-hydrogen) atoms. The average Bonchev–Trinajstić information content (AvgIpc) is 2.44. The minimum Gasteiger partial charge on any atom is -0.300 e. The quantitative estimate of drug-likeness (QED) is 0.528. The van der Waals surface area contributed by atoms with Gasteiger partial charge in [0.2, 0.25) is 10.0 Å². The average molecular weight is 333 g/mol. The van der Waals surface area contributed by atoms with Gasteiger partial charge in [-0.2, -0.15) is 0 Å². The van der Waals surface area contributed by atoms with Crippen LogP contribution in [0.25, 0.3) is 0 Å². The molecule has 0 aromatic heterocycles. The van der Waals surface area contributed by atoms with Gasteiger partial charge in [0.15, 0.2) is 0 Å². The van der Waals surface area contributed by atoms with Crippen molar-refractivity contribution in [2.24, 2.45) is 0 Å². The van der Waals surface area contributed by atoms with E-state index in [4.69, 9.17) is 11.6 Å². The summed E-state index contributed by atoms with van der Waals surface area (Å²) in [6, 6.07) is 7.58. The topological polar surface area (TPSA) is 49.4 Å². The molecule has 0 fully saturated rings. The lowest BCUT2D eigenvalue weighted by Crippen LogP contribution is -2.22. The molecule has 120 valence electrons. The molecule has 1 aromatic rings. The number of hydrogen-bond donors (Lipinski definition) is 1. The highest BCUT2D eigenvalue weighted by atomic mass is 35.5. The number of benzene rings is 1. The summed E-state index contributed by atoms with van der Waals surface area (Å²) in [6.45, 7) is 7.02. The number of sulfonamides is 1. The molecular formula is C15H25ClN2O2S. The largest absolute Gasteiger partial charge is 0.300 e. The van der Waals surface area contributed by atoms with E-state index < -0.39 is 10.0 Å². The smallest absolute Gasteiger partial charge is 0.232 e. The molecule has 1 N–H and O–H groups in total. The minimum absolute atomic E-state index is 0.111. The van der Waals surface area contributed by atoms with Crippen molar-refractivity contribution in [3.63, 3.8) is 0 Å². The van der Waals surface area contributed by atoms with E-state index in [1.165, 1.54) is 0 Å². The second-order valence-electron chi connectivity index (χ2n) is 4.98. The number of nitrogens with one attached hydrogen (secondary N) is 1. The predicted octanol–water partition coefficient (Wildman–Crippen LogP) is 3.29. The minimum atomic E-state index is -3.29. The van der Waals surface area contributed by atoms with Crippen molar-refractivity contribution in [2.75, 3.05) is 29.4 Å². The highest BCUT2D eigenvalue weighted by molar-refractivity contribution is 7.92. The second kappa shape index (κ2) is 9.28. The van der Waals surface area contributed by atoms with Gasteiger partial charge in [0, 0.05) is 18.1 Å². The predicted molar refractivity (Wildman–Crippen MR) is 90.4 cm³/mol. The summed E-state index contributed by atoms with van der Waals surface area (Å²) in [5, 5.41) is 0. The van der Waals surface area contributed by atoms with Gasteiger partial charge in [-0.3, -0.25) is 9.62 Å². The van der Waals surface area contributed by atoms with Crippen molar-refractivity contribution in [1.82, 2.24) is 4.90 Å². The summed E-state index contributed by atoms with van der Waals surface area (Å²) in [5.41, 5.74) is 1.74. The van der Waals surface area contributed by atoms with Crippen LogP contribution in [0.15, 0.2) is 24.3 Å². The van der Waals surface area contributed by atoms with Crippen molar-refractivity contribution in [1.29, 1.82) is 0 Å². The normalized spacial score (nSPS) is 11.8. The van der Waals surface area contributed by atoms with Crippen LogP contribution in [0.2, 0.25) is 0 Å². The maximum atomic E-state index is 12.0. The standard InChI is InChI=1S/C15H25ClN2O2S/c1-3-18(4-2)13-14-8-7-9-15(12-14)17-21(19,20)11-6-5-10-16/h7-9,12,17H,3-6,10-11,13H2,1-2H3. The number of unbranched alkanes of at least 4 members (excludes halogenated alkanes) is 1. The molecule has 0 unspecified atom stereocenters. The van der Waals surface area contributed by atoms with Crippen LogP contribution >= 0.6 is 11.6 Å². The first-order valence-electron chi connectivity index (χ1n) is 7.38. The lowest BCUT2D eigenvalue weighted by Gasteiger charge is -2.18. The maximum absolute atomic E-state index is 12.0. The zero-order valence-corrected chi connectivity index (χ0v) is 14.4. The second-order valence-corrected chi connectivity index (χ2v) is 7.20. The third-order valence-electron chi connectivity index (χ3n) is 3.30. The Morgan fingerprint density at radius 3 is 2.52 bits per heavy atom. The van der Waals surface area contributed by atoms with Crippen LogP contribution in [-0.4, -0.2) is 38.0 Å². The molecule has 0 atom stereocenters. The fourth-order valence-electron chi connectivity index (χ4n) is 2.06. The van der Waals surface area contributed by atoms with Crippen LogP contribution < -0.4 is 4.72 Å². The van der Waals surface area contributed by atoms with Crippen LogP contribution in [0.3, 0.4) is 0 Å². The summed E-state index contributed by atoms with van der Waals surface area (Å²) >= 11 is 5.57. The number of rotatable bonds is 10. The highest BCUT2D eigenvalue weighted by Crippen LogP contribution is 2.15. The van der Waals surface area contributed by atoms with Crippen LogP contribution in [0, 0.1) is 0 Å². The Balaban J connectivity index is 2.67. The van der Waals surface area contributed by atoms with Crippen LogP contribution in [0.5, 0.6) is 0 Å². The van der Waals surface area contributed by atoms with Gasteiger partial charge >= 0.3 is 0 Å². The summed E-state index contributed by atoms with van der Waals surface area (Å²) < 4.78 is 26.5. The number of hydrogen-bond acceptors (Lipinski definition) is 3. The maximum Gasteiger partial charge on any atom is 0.232 e. The van der Waals surface area contributed by atoms with E-state index in [9.17, 15) is 8.42 Å². The lowest BCUT2D eigenvalue weighted by molar-refractivity contribution is 0.296. The first kappa shape index (κ1) is 18.3. The van der Waals surface area contributed by atoms with Crippen molar-refractivity contribution in [2.45, 2.75) is 33.2 Å². The van der Waals surface area contributed by atoms with Crippen molar-refractivity contribution >= 4 is 27.3 Å². The van der Waals surface area contributed by atoms with E-state index in [2.05, 4.69) is 23.5 Å². The SMILES string of the molecule is CCN(CC)Cc1cccc(NS(=O)(=O)CCCCCl)c1. The molecule has 0 aliphatic carbocycles. The molecule has 0 saturated heterocycles. The zero-order valence-electron chi connectivity index (χ0n) is 12.8. The lowest BCUT2D eigenvalue weighted by atomic mass is 10.2. The molecule has 6 heteroatoms. The molecule has 0 aliphatic rings. The van der Waals surface area contributed by atoms with Gasteiger partial charge in [-0.15, -0.1) is 11.6 Å². The third-order valence-corrected chi connectivity index (χ3v) is 4.94. The van der Waals surface area contributed by atoms with Gasteiger partial charge in [0.05, 0.1) is 5.75 Å². The number of halogens is 1. The number of alkyl halides is 1. The molecule has 0 aliphatic heterocycles. The first-order chi connectivity index (χ1) is 10.0. The molecule has 0 amide bonds. The fourth-order valence-corrected chi connectivity index (χ4v) is 3.42. The Hall–Kier alpha value is -0.780. The summed E-state index contributed by atoms with van der Waals surface area (Å²) in [5.74, 6) is 0.606. The summed E-state index contributed by atoms with van der Waals surface area (Å²) in [6.07, 6.45) is 1.29. The van der Waals surface area contributed by atoms with Gasteiger partial charge in [-0.1, -0.05) is 26.0 Å². The number of anilines is 1. The zero-order chi connectivity index (χ0) is 15.7. The van der Waals surface area contributed by atoms with Crippen molar-refractivity contribution in [3.8, 4) is 0 Å². The molecule has 1 aromatic carbocycles. The van der Waals surface area contributed by atoms with Crippen molar-refractivity contribution in [3.05, 3.63) is 29.8 Å². The Bertz CT molecular complexity index is 516. The Morgan fingerprint density at radius 1 is 1.19 bits per heavy atom. The van der Waals surface area contributed by atoms with Gasteiger partial charge < -0.3 is 0 Å². The Labute approximate surface area is 133 Å². The fraction of sp³-hybridized carbons (Fsp3) is 0.600. The van der Waals surface area contributed by atoms with Gasteiger partial charge in [0.1, 0.15) is 0 Å². The van der Waals surface area contributed by atoms with Crippen LogP contribution in [0.4, 0.5) is 5.69 Å². The molecule has 0 spiro atoms. The molecule has 0 saturated carbocycles. The molecular weight excluding hydrogens is 308 g/mol. The first-order valence-corrected chi connectivity index (χ1v) is 9.57. The molecule has 0 heterocycles. The van der Waals surface area contributed by atoms with Crippen LogP contribution in [0.1, 0.15) is 32.3 Å². The van der Waals surface area contributed by atoms with E-state index in [1.54, 1.807) is 6.07 Å². The van der Waals surface area contributed by atoms with Crippen LogP contribution in [-0.2, 0) is 16.6 Å². The van der Waals surface area contributed by atoms with Gasteiger partial charge in [0.25, 0.3) is 0 Å². The summed E-state index contributed by atoms with van der Waals surface area (Å²) in [4.78, 5) is 2.29. The molecule has 0 bridgehead atoms. The van der Waals surface area contributed by atoms with Crippen molar-refractivity contribution < 1.29 is 8.42 Å². The van der Waals surface area contributed by atoms with Gasteiger partial charge in [-0.25, -0.2) is 8.42 Å². The van der Waals surface area contributed by atoms with E-state index in [0.717, 1.165) is 25.2 Å². The highest BCUT2D eigenvalue weighted by Gasteiger charge is 2.10. The van der Waals surface area contributed by atoms with E-state index >= 15 is 0 Å². The molecule has 1 rings (SSSR count). The van der Waals surface area contributed by atoms with Gasteiger partial charge in [-0.05, 0) is 43.6 Å². The monoisotopic (exact) mass is 332 g/mol. The molecule has 4 nitrogen and oxygen atoms in total.